The Morgan fingerprint density at radius 1 is 1.19 bits per heavy atom. The first-order valence-electron chi connectivity index (χ1n) is 9.67. The number of amides is 1. The summed E-state index contributed by atoms with van der Waals surface area (Å²) in [6.45, 7) is 2.47. The van der Waals surface area contributed by atoms with Crippen molar-refractivity contribution in [3.8, 4) is 5.75 Å². The van der Waals surface area contributed by atoms with Gasteiger partial charge in [-0.15, -0.1) is 0 Å². The molecule has 2 aromatic heterocycles. The number of benzene rings is 2. The van der Waals surface area contributed by atoms with Crippen molar-refractivity contribution in [2.24, 2.45) is 0 Å². The van der Waals surface area contributed by atoms with Crippen molar-refractivity contribution >= 4 is 22.5 Å². The molecule has 0 saturated carbocycles. The van der Waals surface area contributed by atoms with E-state index >= 15 is 0 Å². The molecule has 0 aliphatic carbocycles. The molecule has 4 rings (SSSR count). The van der Waals surface area contributed by atoms with Gasteiger partial charge < -0.3 is 24.6 Å². The van der Waals surface area contributed by atoms with Crippen LogP contribution in [0, 0.1) is 17.0 Å². The number of nitrogens with one attached hydrogen (secondary N) is 1. The molecule has 2 aromatic carbocycles. The van der Waals surface area contributed by atoms with Crippen LogP contribution in [0.15, 0.2) is 65.1 Å². The van der Waals surface area contributed by atoms with Gasteiger partial charge in [0.05, 0.1) is 23.4 Å². The number of carbonyl (C=O) groups excluding carboxylic acids is 1. The van der Waals surface area contributed by atoms with E-state index in [2.05, 4.69) is 10.4 Å². The van der Waals surface area contributed by atoms with Crippen LogP contribution in [0.3, 0.4) is 0 Å². The Labute approximate surface area is 177 Å². The molecule has 0 aliphatic heterocycles. The highest BCUT2D eigenvalue weighted by atomic mass is 16.6. The summed E-state index contributed by atoms with van der Waals surface area (Å²) in [7, 11) is 0. The predicted molar refractivity (Wildman–Crippen MR) is 113 cm³/mol. The van der Waals surface area contributed by atoms with Crippen LogP contribution >= 0.6 is 0 Å². The van der Waals surface area contributed by atoms with Gasteiger partial charge in [0.25, 0.3) is 5.91 Å². The van der Waals surface area contributed by atoms with Gasteiger partial charge in [0, 0.05) is 11.9 Å². The Morgan fingerprint density at radius 2 is 2.00 bits per heavy atom. The van der Waals surface area contributed by atoms with E-state index in [1.807, 2.05) is 42.5 Å². The van der Waals surface area contributed by atoms with Crippen molar-refractivity contribution in [2.45, 2.75) is 20.1 Å². The average Bonchev–Trinajstić information content (AvgIpc) is 3.39. The number of nitrogens with zero attached hydrogens (tertiary/aromatic N) is 3. The fraction of sp³-hybridized carbons (Fsp3) is 0.182. The maximum atomic E-state index is 12.3. The standard InChI is InChI=1S/C22H20N4O5/c1-15-13-21(26(28)29)24-25(15)12-11-23-22(27)20-10-9-17(31-20)14-30-19-8-4-6-16-5-2-3-7-18(16)19/h2-10,13H,11-12,14H2,1H3,(H,23,27). The summed E-state index contributed by atoms with van der Waals surface area (Å²) in [5.74, 6) is 0.835. The largest absolute Gasteiger partial charge is 0.485 e. The third kappa shape index (κ3) is 4.55. The molecule has 0 bridgehead atoms. The fourth-order valence-corrected chi connectivity index (χ4v) is 3.22. The molecule has 0 saturated heterocycles. The zero-order chi connectivity index (χ0) is 21.8. The Morgan fingerprint density at radius 3 is 2.81 bits per heavy atom. The smallest absolute Gasteiger partial charge is 0.390 e. The highest BCUT2D eigenvalue weighted by molar-refractivity contribution is 5.91. The number of hydrogen-bond acceptors (Lipinski definition) is 6. The highest BCUT2D eigenvalue weighted by Crippen LogP contribution is 2.26. The second-order valence-electron chi connectivity index (χ2n) is 6.91. The maximum absolute atomic E-state index is 12.3. The summed E-state index contributed by atoms with van der Waals surface area (Å²) >= 11 is 0. The van der Waals surface area contributed by atoms with Crippen LogP contribution in [0.4, 0.5) is 5.82 Å². The number of nitro groups is 1. The molecule has 0 radical (unpaired) electrons. The summed E-state index contributed by atoms with van der Waals surface area (Å²) < 4.78 is 12.9. The topological polar surface area (TPSA) is 112 Å². The number of furan rings is 1. The van der Waals surface area contributed by atoms with Gasteiger partial charge in [-0.2, -0.15) is 4.68 Å². The molecule has 2 heterocycles. The van der Waals surface area contributed by atoms with E-state index in [0.29, 0.717) is 18.0 Å². The zero-order valence-electron chi connectivity index (χ0n) is 16.8. The fourth-order valence-electron chi connectivity index (χ4n) is 3.22. The van der Waals surface area contributed by atoms with Gasteiger partial charge in [-0.05, 0) is 35.4 Å². The summed E-state index contributed by atoms with van der Waals surface area (Å²) in [5, 5.41) is 19.5. The molecule has 1 amide bonds. The summed E-state index contributed by atoms with van der Waals surface area (Å²) in [5.41, 5.74) is 0.645. The van der Waals surface area contributed by atoms with Crippen molar-refractivity contribution in [3.05, 3.63) is 88.0 Å². The molecule has 158 valence electrons. The van der Waals surface area contributed by atoms with Crippen molar-refractivity contribution in [1.29, 1.82) is 0 Å². The number of hydrogen-bond donors (Lipinski definition) is 1. The summed E-state index contributed by atoms with van der Waals surface area (Å²) in [6, 6.07) is 18.4. The lowest BCUT2D eigenvalue weighted by atomic mass is 10.1. The van der Waals surface area contributed by atoms with Crippen molar-refractivity contribution in [3.63, 3.8) is 0 Å². The Kier molecular flexibility index (Phi) is 5.65. The molecule has 0 unspecified atom stereocenters. The second kappa shape index (κ2) is 8.70. The lowest BCUT2D eigenvalue weighted by Gasteiger charge is -2.08. The molecule has 0 aliphatic rings. The van der Waals surface area contributed by atoms with Gasteiger partial charge in [0.2, 0.25) is 0 Å². The lowest BCUT2D eigenvalue weighted by molar-refractivity contribution is -0.389. The Balaban J connectivity index is 1.32. The van der Waals surface area contributed by atoms with Gasteiger partial charge in [-0.1, -0.05) is 36.4 Å². The normalized spacial score (nSPS) is 10.9. The summed E-state index contributed by atoms with van der Waals surface area (Å²) in [4.78, 5) is 22.5. The Hall–Kier alpha value is -4.14. The average molecular weight is 420 g/mol. The first kappa shape index (κ1) is 20.1. The minimum atomic E-state index is -0.549. The van der Waals surface area contributed by atoms with Crippen LogP contribution in [0.25, 0.3) is 10.8 Å². The molecule has 1 N–H and O–H groups in total. The molecule has 4 aromatic rings. The molecule has 0 atom stereocenters. The molecule has 31 heavy (non-hydrogen) atoms. The number of ether oxygens (including phenoxy) is 1. The van der Waals surface area contributed by atoms with Crippen molar-refractivity contribution in [2.75, 3.05) is 6.54 Å². The first-order valence-corrected chi connectivity index (χ1v) is 9.67. The van der Waals surface area contributed by atoms with Crippen LogP contribution in [0.5, 0.6) is 5.75 Å². The maximum Gasteiger partial charge on any atom is 0.390 e. The Bertz CT molecular complexity index is 1240. The number of rotatable bonds is 8. The third-order valence-corrected chi connectivity index (χ3v) is 4.77. The second-order valence-corrected chi connectivity index (χ2v) is 6.91. The lowest BCUT2D eigenvalue weighted by Crippen LogP contribution is -2.27. The molecular weight excluding hydrogens is 400 g/mol. The van der Waals surface area contributed by atoms with E-state index < -0.39 is 4.92 Å². The van der Waals surface area contributed by atoms with E-state index in [1.54, 1.807) is 19.1 Å². The number of carbonyl (C=O) groups is 1. The number of fused-ring (bicyclic) bond motifs is 1. The van der Waals surface area contributed by atoms with Gasteiger partial charge >= 0.3 is 5.82 Å². The van der Waals surface area contributed by atoms with Crippen molar-refractivity contribution < 1.29 is 18.9 Å². The molecule has 0 spiro atoms. The van der Waals surface area contributed by atoms with E-state index in [0.717, 1.165) is 16.5 Å². The summed E-state index contributed by atoms with van der Waals surface area (Å²) in [6.07, 6.45) is 0. The molecular formula is C22H20N4O5. The molecule has 9 nitrogen and oxygen atoms in total. The predicted octanol–water partition coefficient (Wildman–Crippen LogP) is 3.85. The molecule has 0 fully saturated rings. The van der Waals surface area contributed by atoms with Gasteiger partial charge in [0.1, 0.15) is 18.1 Å². The van der Waals surface area contributed by atoms with Crippen LogP contribution in [-0.2, 0) is 13.2 Å². The number of aryl methyl sites for hydroxylation is 1. The molecule has 9 heteroatoms. The van der Waals surface area contributed by atoms with Crippen LogP contribution in [-0.4, -0.2) is 27.2 Å². The van der Waals surface area contributed by atoms with Crippen molar-refractivity contribution in [1.82, 2.24) is 15.1 Å². The zero-order valence-corrected chi connectivity index (χ0v) is 16.8. The highest BCUT2D eigenvalue weighted by Gasteiger charge is 2.16. The minimum absolute atomic E-state index is 0.166. The minimum Gasteiger partial charge on any atom is -0.485 e. The van der Waals surface area contributed by atoms with Crippen LogP contribution < -0.4 is 10.1 Å². The van der Waals surface area contributed by atoms with E-state index in [4.69, 9.17) is 9.15 Å². The van der Waals surface area contributed by atoms with E-state index in [9.17, 15) is 14.9 Å². The van der Waals surface area contributed by atoms with E-state index in [-0.39, 0.29) is 30.6 Å². The quantitative estimate of drug-likeness (QED) is 0.342. The number of aromatic nitrogens is 2. The monoisotopic (exact) mass is 420 g/mol. The van der Waals surface area contributed by atoms with Gasteiger partial charge in [-0.3, -0.25) is 4.79 Å². The van der Waals surface area contributed by atoms with Gasteiger partial charge in [0.15, 0.2) is 5.76 Å². The van der Waals surface area contributed by atoms with Gasteiger partial charge in [-0.25, -0.2) is 0 Å². The van der Waals surface area contributed by atoms with Crippen LogP contribution in [0.1, 0.15) is 22.0 Å². The van der Waals surface area contributed by atoms with Crippen LogP contribution in [0.2, 0.25) is 0 Å². The van der Waals surface area contributed by atoms with E-state index in [1.165, 1.54) is 10.7 Å². The first-order chi connectivity index (χ1) is 15.0. The SMILES string of the molecule is Cc1cc([N+](=O)[O-])nn1CCNC(=O)c1ccc(COc2cccc3ccccc23)o1. The third-order valence-electron chi connectivity index (χ3n) is 4.77.